The number of hydrogen-bond acceptors (Lipinski definition) is 7. The van der Waals surface area contributed by atoms with E-state index in [-0.39, 0.29) is 21.4 Å². The first kappa shape index (κ1) is 28.7. The average Bonchev–Trinajstić information content (AvgIpc) is 3.36. The van der Waals surface area contributed by atoms with Gasteiger partial charge in [0.1, 0.15) is 5.52 Å². The molecule has 4 aromatic carbocycles. The third-order valence-corrected chi connectivity index (χ3v) is 8.19. The summed E-state index contributed by atoms with van der Waals surface area (Å²) in [6, 6.07) is 22.8. The molecule has 5 aromatic rings. The van der Waals surface area contributed by atoms with E-state index < -0.39 is 15.9 Å². The van der Waals surface area contributed by atoms with Gasteiger partial charge in [0.25, 0.3) is 5.91 Å². The summed E-state index contributed by atoms with van der Waals surface area (Å²) in [5, 5.41) is 0.832. The van der Waals surface area contributed by atoms with Crippen LogP contribution in [0, 0.1) is 0 Å². The number of methoxy groups -OCH3 is 2. The highest BCUT2D eigenvalue weighted by molar-refractivity contribution is 7.92. The molecule has 0 atom stereocenters. The fourth-order valence-electron chi connectivity index (χ4n) is 4.25. The number of sulfonamides is 1. The summed E-state index contributed by atoms with van der Waals surface area (Å²) < 4.78 is 38.7. The maximum Gasteiger partial charge on any atom is 0.266 e. The number of anilines is 3. The van der Waals surface area contributed by atoms with E-state index in [0.717, 1.165) is 17.4 Å². The van der Waals surface area contributed by atoms with Gasteiger partial charge in [0.15, 0.2) is 16.6 Å². The van der Waals surface area contributed by atoms with Crippen molar-refractivity contribution in [1.82, 2.24) is 4.98 Å². The highest BCUT2D eigenvalue weighted by Crippen LogP contribution is 2.42. The Hall–Kier alpha value is -3.83. The summed E-state index contributed by atoms with van der Waals surface area (Å²) in [6.07, 6.45) is 1.07. The number of nitrogens with one attached hydrogen (secondary N) is 1. The number of aromatic nitrogens is 1. The predicted molar refractivity (Wildman–Crippen MR) is 166 cm³/mol. The van der Waals surface area contributed by atoms with Gasteiger partial charge in [-0.15, -0.1) is 0 Å². The Bertz CT molecular complexity index is 1880. The monoisotopic (exact) mass is 627 g/mol. The number of hydrogen-bond donors (Lipinski definition) is 1. The topological polar surface area (TPSA) is 97.8 Å². The molecule has 0 saturated carbocycles. The Balaban J connectivity index is 1.74. The summed E-state index contributed by atoms with van der Waals surface area (Å²) >= 11 is 13.8. The summed E-state index contributed by atoms with van der Waals surface area (Å²) in [4.78, 5) is 20.2. The predicted octanol–water partition coefficient (Wildman–Crippen LogP) is 7.64. The lowest BCUT2D eigenvalue weighted by Crippen LogP contribution is -2.26. The van der Waals surface area contributed by atoms with Crippen LogP contribution in [0.4, 0.5) is 16.5 Å². The van der Waals surface area contributed by atoms with E-state index >= 15 is 0 Å². The van der Waals surface area contributed by atoms with E-state index in [4.69, 9.17) is 37.7 Å². The van der Waals surface area contributed by atoms with E-state index in [2.05, 4.69) is 4.72 Å². The number of thiazole rings is 1. The van der Waals surface area contributed by atoms with Gasteiger partial charge in [-0.1, -0.05) is 64.9 Å². The smallest absolute Gasteiger partial charge is 0.266 e. The van der Waals surface area contributed by atoms with Gasteiger partial charge in [0.2, 0.25) is 10.0 Å². The fourth-order valence-corrected chi connectivity index (χ4v) is 6.35. The van der Waals surface area contributed by atoms with Gasteiger partial charge in [0, 0.05) is 11.1 Å². The zero-order valence-corrected chi connectivity index (χ0v) is 25.2. The Labute approximate surface area is 251 Å². The van der Waals surface area contributed by atoms with Gasteiger partial charge >= 0.3 is 0 Å². The van der Waals surface area contributed by atoms with E-state index in [1.807, 2.05) is 36.4 Å². The van der Waals surface area contributed by atoms with Crippen molar-refractivity contribution in [3.05, 3.63) is 94.5 Å². The molecule has 0 saturated heterocycles. The number of fused-ring (bicyclic) bond motifs is 1. The summed E-state index contributed by atoms with van der Waals surface area (Å²) in [6.45, 7) is 0. The fraction of sp³-hybridized carbons (Fsp3) is 0.103. The number of carbonyl (C=O) groups is 1. The second-order valence-electron chi connectivity index (χ2n) is 8.91. The second-order valence-corrected chi connectivity index (χ2v) is 12.5. The SMILES string of the molecule is COc1ccc(N(C(=O)c2ccc(Cl)cc2Cl)c2nc3c(NS(C)(=O)=O)cc(-c4ccccc4)cc3s2)cc1OC. The number of rotatable bonds is 8. The third kappa shape index (κ3) is 6.11. The van der Waals surface area contributed by atoms with Gasteiger partial charge < -0.3 is 9.47 Å². The van der Waals surface area contributed by atoms with E-state index in [9.17, 15) is 13.2 Å². The van der Waals surface area contributed by atoms with Crippen molar-refractivity contribution in [3.8, 4) is 22.6 Å². The van der Waals surface area contributed by atoms with Crippen LogP contribution in [0.25, 0.3) is 21.3 Å². The van der Waals surface area contributed by atoms with Crippen LogP contribution in [-0.4, -0.2) is 39.8 Å². The average molecular weight is 629 g/mol. The Kier molecular flexibility index (Phi) is 8.10. The number of amides is 1. The van der Waals surface area contributed by atoms with Crippen molar-refractivity contribution < 1.29 is 22.7 Å². The summed E-state index contributed by atoms with van der Waals surface area (Å²) in [7, 11) is -0.631. The van der Waals surface area contributed by atoms with Gasteiger partial charge in [-0.25, -0.2) is 13.4 Å². The van der Waals surface area contributed by atoms with E-state index in [1.165, 1.54) is 42.6 Å². The van der Waals surface area contributed by atoms with E-state index in [1.54, 1.807) is 30.3 Å². The largest absolute Gasteiger partial charge is 0.493 e. The minimum Gasteiger partial charge on any atom is -0.493 e. The number of nitrogens with zero attached hydrogens (tertiary/aromatic N) is 2. The molecular weight excluding hydrogens is 605 g/mol. The molecule has 210 valence electrons. The van der Waals surface area contributed by atoms with Crippen molar-refractivity contribution in [2.75, 3.05) is 30.1 Å². The minimum absolute atomic E-state index is 0.167. The molecule has 0 aliphatic rings. The van der Waals surface area contributed by atoms with Gasteiger partial charge in [-0.2, -0.15) is 0 Å². The Morgan fingerprint density at radius 2 is 1.63 bits per heavy atom. The van der Waals surface area contributed by atoms with Crippen molar-refractivity contribution in [2.45, 2.75) is 0 Å². The maximum absolute atomic E-state index is 14.1. The second kappa shape index (κ2) is 11.6. The molecule has 0 spiro atoms. The highest BCUT2D eigenvalue weighted by atomic mass is 35.5. The normalized spacial score (nSPS) is 11.3. The quantitative estimate of drug-likeness (QED) is 0.190. The molecule has 8 nitrogen and oxygen atoms in total. The van der Waals surface area contributed by atoms with Crippen LogP contribution >= 0.6 is 34.5 Å². The molecule has 1 N–H and O–H groups in total. The molecule has 5 rings (SSSR count). The molecule has 1 heterocycles. The lowest BCUT2D eigenvalue weighted by Gasteiger charge is -2.22. The molecule has 0 bridgehead atoms. The van der Waals surface area contributed by atoms with Crippen LogP contribution in [0.3, 0.4) is 0 Å². The summed E-state index contributed by atoms with van der Waals surface area (Å²) in [5.41, 5.74) is 2.97. The molecule has 0 fully saturated rings. The summed E-state index contributed by atoms with van der Waals surface area (Å²) in [5.74, 6) is 0.403. The van der Waals surface area contributed by atoms with Gasteiger partial charge in [-0.3, -0.25) is 14.4 Å². The van der Waals surface area contributed by atoms with Crippen molar-refractivity contribution in [2.24, 2.45) is 0 Å². The third-order valence-electron chi connectivity index (χ3n) is 6.07. The number of ether oxygens (including phenoxy) is 2. The lowest BCUT2D eigenvalue weighted by atomic mass is 10.0. The lowest BCUT2D eigenvalue weighted by molar-refractivity contribution is 0.0999. The highest BCUT2D eigenvalue weighted by Gasteiger charge is 2.27. The van der Waals surface area contributed by atoms with Gasteiger partial charge in [-0.05, 0) is 53.6 Å². The first-order valence-corrected chi connectivity index (χ1v) is 15.5. The molecule has 0 aliphatic heterocycles. The first-order valence-electron chi connectivity index (χ1n) is 12.1. The zero-order chi connectivity index (χ0) is 29.3. The standard InChI is InChI=1S/C29H23Cl2N3O5S2/c1-38-24-12-10-20(16-25(24)39-2)34(28(35)21-11-9-19(30)15-22(21)31)29-32-27-23(33-41(3,36)37)13-18(14-26(27)40-29)17-7-5-4-6-8-17/h4-16,33H,1-3H3. The Morgan fingerprint density at radius 3 is 2.29 bits per heavy atom. The van der Waals surface area contributed by atoms with Crippen LogP contribution in [0.15, 0.2) is 78.9 Å². The zero-order valence-electron chi connectivity index (χ0n) is 22.0. The Morgan fingerprint density at radius 1 is 0.902 bits per heavy atom. The maximum atomic E-state index is 14.1. The molecule has 12 heteroatoms. The van der Waals surface area contributed by atoms with Crippen LogP contribution < -0.4 is 19.1 Å². The molecule has 0 aliphatic carbocycles. The molecular formula is C29H23Cl2N3O5S2. The van der Waals surface area contributed by atoms with Crippen molar-refractivity contribution in [3.63, 3.8) is 0 Å². The minimum atomic E-state index is -3.64. The van der Waals surface area contributed by atoms with Crippen LogP contribution in [0.2, 0.25) is 10.0 Å². The molecule has 1 aromatic heterocycles. The van der Waals surface area contributed by atoms with Crippen LogP contribution in [-0.2, 0) is 10.0 Å². The molecule has 41 heavy (non-hydrogen) atoms. The molecule has 1 amide bonds. The first-order chi connectivity index (χ1) is 19.6. The van der Waals surface area contributed by atoms with Crippen molar-refractivity contribution >= 4 is 77.2 Å². The molecule has 0 radical (unpaired) electrons. The van der Waals surface area contributed by atoms with Crippen LogP contribution in [0.1, 0.15) is 10.4 Å². The number of benzene rings is 4. The number of carbonyl (C=O) groups excluding carboxylic acids is 1. The van der Waals surface area contributed by atoms with Gasteiger partial charge in [0.05, 0.1) is 47.1 Å². The number of halogens is 2. The van der Waals surface area contributed by atoms with E-state index in [0.29, 0.717) is 32.4 Å². The van der Waals surface area contributed by atoms with Crippen molar-refractivity contribution in [1.29, 1.82) is 0 Å². The van der Waals surface area contributed by atoms with Crippen LogP contribution in [0.5, 0.6) is 11.5 Å². The molecule has 0 unspecified atom stereocenters.